The number of aliphatic hydroxyl groups is 1. The highest BCUT2D eigenvalue weighted by Crippen LogP contribution is 2.23. The van der Waals surface area contributed by atoms with E-state index in [1.807, 2.05) is 13.0 Å². The molecule has 1 aliphatic carbocycles. The quantitative estimate of drug-likeness (QED) is 0.868. The molecule has 0 saturated heterocycles. The summed E-state index contributed by atoms with van der Waals surface area (Å²) in [6.45, 7) is 2.49. The number of hydrogen-bond acceptors (Lipinski definition) is 5. The number of amides is 1. The number of nitrogens with zero attached hydrogens (tertiary/aromatic N) is 4. The number of nitrogens with one attached hydrogen (secondary N) is 1. The van der Waals surface area contributed by atoms with Gasteiger partial charge in [-0.05, 0) is 44.6 Å². The first-order chi connectivity index (χ1) is 10.1. The number of carbonyl (C=O) groups is 1. The summed E-state index contributed by atoms with van der Waals surface area (Å²) in [6, 6.07) is 1.82. The topological polar surface area (TPSA) is 92.4 Å². The third-order valence-corrected chi connectivity index (χ3v) is 4.00. The predicted octanol–water partition coefficient (Wildman–Crippen LogP) is 0.714. The van der Waals surface area contributed by atoms with Crippen molar-refractivity contribution in [1.29, 1.82) is 0 Å². The first kappa shape index (κ1) is 13.9. The van der Waals surface area contributed by atoms with E-state index >= 15 is 0 Å². The lowest BCUT2D eigenvalue weighted by molar-refractivity contribution is 0.0901. The average Bonchev–Trinajstić information content (AvgIpc) is 2.92. The van der Waals surface area contributed by atoms with Gasteiger partial charge in [-0.3, -0.25) is 4.79 Å². The highest BCUT2D eigenvalue weighted by Gasteiger charge is 2.21. The van der Waals surface area contributed by atoms with Crippen molar-refractivity contribution in [2.24, 2.45) is 5.92 Å². The van der Waals surface area contributed by atoms with Gasteiger partial charge in [0, 0.05) is 18.4 Å². The minimum absolute atomic E-state index is 0.146. The van der Waals surface area contributed by atoms with E-state index in [1.165, 1.54) is 0 Å². The Bertz CT molecular complexity index is 646. The Morgan fingerprint density at radius 1 is 1.43 bits per heavy atom. The number of aliphatic hydroxyl groups excluding tert-OH is 1. The smallest absolute Gasteiger partial charge is 0.291 e. The van der Waals surface area contributed by atoms with Crippen LogP contribution in [-0.2, 0) is 0 Å². The summed E-state index contributed by atoms with van der Waals surface area (Å²) in [6.07, 6.45) is 4.99. The molecule has 0 radical (unpaired) electrons. The Kier molecular flexibility index (Phi) is 3.83. The number of aryl methyl sites for hydroxylation is 1. The maximum atomic E-state index is 12.1. The minimum Gasteiger partial charge on any atom is -0.393 e. The van der Waals surface area contributed by atoms with E-state index in [0.717, 1.165) is 31.4 Å². The van der Waals surface area contributed by atoms with Gasteiger partial charge in [0.25, 0.3) is 11.7 Å². The summed E-state index contributed by atoms with van der Waals surface area (Å²) in [7, 11) is 0. The molecule has 1 saturated carbocycles. The third-order valence-electron chi connectivity index (χ3n) is 4.00. The van der Waals surface area contributed by atoms with E-state index in [2.05, 4.69) is 20.4 Å². The van der Waals surface area contributed by atoms with Gasteiger partial charge in [0.05, 0.1) is 6.10 Å². The van der Waals surface area contributed by atoms with Crippen LogP contribution in [0, 0.1) is 12.8 Å². The Morgan fingerprint density at radius 3 is 2.90 bits per heavy atom. The first-order valence-electron chi connectivity index (χ1n) is 7.28. The maximum Gasteiger partial charge on any atom is 0.291 e. The van der Waals surface area contributed by atoms with E-state index in [0.29, 0.717) is 18.2 Å². The Hall–Kier alpha value is -2.02. The molecule has 0 atom stereocenters. The monoisotopic (exact) mass is 289 g/mol. The summed E-state index contributed by atoms with van der Waals surface area (Å²) in [5, 5.41) is 16.5. The van der Waals surface area contributed by atoms with Gasteiger partial charge in [0.1, 0.15) is 0 Å². The van der Waals surface area contributed by atoms with Crippen LogP contribution < -0.4 is 5.32 Å². The van der Waals surface area contributed by atoms with Gasteiger partial charge in [-0.2, -0.15) is 4.98 Å². The second-order valence-electron chi connectivity index (χ2n) is 5.62. The van der Waals surface area contributed by atoms with E-state index in [-0.39, 0.29) is 17.8 Å². The summed E-state index contributed by atoms with van der Waals surface area (Å²) < 4.78 is 1.56. The Balaban J connectivity index is 1.63. The van der Waals surface area contributed by atoms with Crippen molar-refractivity contribution in [1.82, 2.24) is 24.9 Å². The van der Waals surface area contributed by atoms with E-state index < -0.39 is 0 Å². The molecule has 0 bridgehead atoms. The lowest BCUT2D eigenvalue weighted by Gasteiger charge is -2.25. The van der Waals surface area contributed by atoms with Gasteiger partial charge in [-0.25, -0.2) is 9.50 Å². The molecule has 7 heteroatoms. The normalized spacial score (nSPS) is 22.4. The summed E-state index contributed by atoms with van der Waals surface area (Å²) in [5.41, 5.74) is 0.882. The van der Waals surface area contributed by atoms with Crippen LogP contribution in [-0.4, -0.2) is 43.2 Å². The molecule has 0 aliphatic heterocycles. The molecule has 2 aromatic rings. The highest BCUT2D eigenvalue weighted by atomic mass is 16.3. The zero-order valence-electron chi connectivity index (χ0n) is 12.0. The molecule has 7 nitrogen and oxygen atoms in total. The van der Waals surface area contributed by atoms with Crippen LogP contribution in [0.3, 0.4) is 0 Å². The lowest BCUT2D eigenvalue weighted by Crippen LogP contribution is -2.32. The van der Waals surface area contributed by atoms with Crippen molar-refractivity contribution >= 4 is 11.7 Å². The fourth-order valence-electron chi connectivity index (χ4n) is 2.67. The van der Waals surface area contributed by atoms with Crippen molar-refractivity contribution in [3.8, 4) is 0 Å². The first-order valence-corrected chi connectivity index (χ1v) is 7.28. The molecule has 1 amide bonds. The number of carbonyl (C=O) groups excluding carboxylic acids is 1. The largest absolute Gasteiger partial charge is 0.393 e. The number of hydrogen-bond donors (Lipinski definition) is 2. The fraction of sp³-hybridized carbons (Fsp3) is 0.571. The van der Waals surface area contributed by atoms with Gasteiger partial charge in [0.2, 0.25) is 5.82 Å². The van der Waals surface area contributed by atoms with Gasteiger partial charge in [0.15, 0.2) is 0 Å². The minimum atomic E-state index is -0.272. The molecule has 112 valence electrons. The van der Waals surface area contributed by atoms with Gasteiger partial charge in [-0.1, -0.05) is 0 Å². The number of fused-ring (bicyclic) bond motifs is 1. The van der Waals surface area contributed by atoms with Crippen LogP contribution in [0.4, 0.5) is 0 Å². The number of rotatable bonds is 3. The van der Waals surface area contributed by atoms with Crippen LogP contribution in [0.15, 0.2) is 12.3 Å². The van der Waals surface area contributed by atoms with E-state index in [1.54, 1.807) is 10.7 Å². The van der Waals surface area contributed by atoms with Gasteiger partial charge < -0.3 is 10.4 Å². The molecule has 1 aliphatic rings. The molecule has 1 fully saturated rings. The van der Waals surface area contributed by atoms with Gasteiger partial charge in [-0.15, -0.1) is 5.10 Å². The Labute approximate surface area is 122 Å². The second kappa shape index (κ2) is 5.77. The van der Waals surface area contributed by atoms with Crippen molar-refractivity contribution in [3.05, 3.63) is 23.8 Å². The molecule has 0 spiro atoms. The molecular weight excluding hydrogens is 270 g/mol. The van der Waals surface area contributed by atoms with Gasteiger partial charge >= 0.3 is 0 Å². The lowest BCUT2D eigenvalue weighted by atomic mass is 9.87. The van der Waals surface area contributed by atoms with Crippen LogP contribution in [0.5, 0.6) is 0 Å². The molecule has 2 heterocycles. The third kappa shape index (κ3) is 3.02. The highest BCUT2D eigenvalue weighted by molar-refractivity contribution is 5.90. The SMILES string of the molecule is Cc1ccnc2nc(C(=O)NCC3CCC(O)CC3)nn12. The summed E-state index contributed by atoms with van der Waals surface area (Å²) >= 11 is 0. The van der Waals surface area contributed by atoms with E-state index in [9.17, 15) is 9.90 Å². The summed E-state index contributed by atoms with van der Waals surface area (Å²) in [5.74, 6) is 0.730. The molecule has 0 unspecified atom stereocenters. The van der Waals surface area contributed by atoms with Crippen LogP contribution in [0.1, 0.15) is 42.0 Å². The second-order valence-corrected chi connectivity index (χ2v) is 5.62. The standard InChI is InChI=1S/C14H19N5O2/c1-9-6-7-15-14-17-12(18-19(9)14)13(21)16-8-10-2-4-11(20)5-3-10/h6-7,10-11,20H,2-5,8H2,1H3,(H,16,21). The maximum absolute atomic E-state index is 12.1. The van der Waals surface area contributed by atoms with Crippen molar-refractivity contribution < 1.29 is 9.90 Å². The van der Waals surface area contributed by atoms with Crippen LogP contribution >= 0.6 is 0 Å². The van der Waals surface area contributed by atoms with Crippen LogP contribution in [0.2, 0.25) is 0 Å². The Morgan fingerprint density at radius 2 is 2.19 bits per heavy atom. The molecule has 0 aromatic carbocycles. The van der Waals surface area contributed by atoms with E-state index in [4.69, 9.17) is 0 Å². The van der Waals surface area contributed by atoms with Crippen LogP contribution in [0.25, 0.3) is 5.78 Å². The molecule has 2 aromatic heterocycles. The molecule has 3 rings (SSSR count). The van der Waals surface area contributed by atoms with Crippen molar-refractivity contribution in [2.45, 2.75) is 38.7 Å². The molecule has 2 N–H and O–H groups in total. The number of aromatic nitrogens is 4. The predicted molar refractivity (Wildman–Crippen MR) is 75.8 cm³/mol. The molecular formula is C14H19N5O2. The molecule has 21 heavy (non-hydrogen) atoms. The van der Waals surface area contributed by atoms with Crippen molar-refractivity contribution in [3.63, 3.8) is 0 Å². The summed E-state index contributed by atoms with van der Waals surface area (Å²) in [4.78, 5) is 20.3. The van der Waals surface area contributed by atoms with Crippen molar-refractivity contribution in [2.75, 3.05) is 6.54 Å². The fourth-order valence-corrected chi connectivity index (χ4v) is 2.67. The zero-order chi connectivity index (χ0) is 14.8. The average molecular weight is 289 g/mol. The zero-order valence-corrected chi connectivity index (χ0v) is 12.0.